The second-order valence-corrected chi connectivity index (χ2v) is 4.38. The number of ether oxygens (including phenoxy) is 1. The lowest BCUT2D eigenvalue weighted by atomic mass is 10.1. The van der Waals surface area contributed by atoms with E-state index in [1.54, 1.807) is 18.2 Å². The first-order valence-corrected chi connectivity index (χ1v) is 5.67. The predicted molar refractivity (Wildman–Crippen MR) is 66.0 cm³/mol. The molecule has 0 saturated carbocycles. The maximum atomic E-state index is 11.8. The molecule has 0 bridgehead atoms. The Morgan fingerprint density at radius 1 is 1.56 bits per heavy atom. The molecule has 0 atom stereocenters. The summed E-state index contributed by atoms with van der Waals surface area (Å²) in [6.07, 6.45) is 0.985. The Morgan fingerprint density at radius 2 is 2.33 bits per heavy atom. The van der Waals surface area contributed by atoms with Crippen molar-refractivity contribution in [3.05, 3.63) is 30.0 Å². The summed E-state index contributed by atoms with van der Waals surface area (Å²) in [7, 11) is 0. The van der Waals surface area contributed by atoms with Gasteiger partial charge in [0, 0.05) is 5.39 Å². The third-order valence-electron chi connectivity index (χ3n) is 2.45. The van der Waals surface area contributed by atoms with Crippen molar-refractivity contribution in [2.75, 3.05) is 6.61 Å². The number of benzene rings is 1. The fraction of sp³-hybridized carbons (Fsp3) is 0.308. The predicted octanol–water partition coefficient (Wildman–Crippen LogP) is 2.55. The lowest BCUT2D eigenvalue weighted by Crippen LogP contribution is -2.17. The van der Waals surface area contributed by atoms with Crippen LogP contribution < -0.4 is 0 Å². The van der Waals surface area contributed by atoms with Crippen molar-refractivity contribution in [1.29, 1.82) is 5.26 Å². The molecule has 0 spiro atoms. The maximum absolute atomic E-state index is 11.8. The van der Waals surface area contributed by atoms with Gasteiger partial charge in [0.15, 0.2) is 0 Å². The number of carbonyl (C=O) groups is 1. The van der Waals surface area contributed by atoms with Crippen LogP contribution in [0.2, 0.25) is 0 Å². The van der Waals surface area contributed by atoms with E-state index >= 15 is 0 Å². The monoisotopic (exact) mass is 243 g/mol. The van der Waals surface area contributed by atoms with Crippen LogP contribution >= 0.6 is 0 Å². The van der Waals surface area contributed by atoms with Gasteiger partial charge in [-0.25, -0.2) is 4.79 Å². The quantitative estimate of drug-likeness (QED) is 0.812. The Labute approximate surface area is 105 Å². The van der Waals surface area contributed by atoms with Crippen LogP contribution in [0.5, 0.6) is 0 Å². The second-order valence-electron chi connectivity index (χ2n) is 4.38. The highest BCUT2D eigenvalue weighted by atomic mass is 16.6. The van der Waals surface area contributed by atoms with Crippen molar-refractivity contribution < 1.29 is 9.53 Å². The Bertz CT molecular complexity index is 623. The molecule has 5 heteroatoms. The molecule has 92 valence electrons. The van der Waals surface area contributed by atoms with E-state index < -0.39 is 6.09 Å². The first-order valence-electron chi connectivity index (χ1n) is 5.67. The third kappa shape index (κ3) is 2.18. The van der Waals surface area contributed by atoms with Crippen LogP contribution in [0.3, 0.4) is 0 Å². The molecule has 0 fully saturated rings. The molecule has 18 heavy (non-hydrogen) atoms. The van der Waals surface area contributed by atoms with Crippen LogP contribution in [0.4, 0.5) is 4.79 Å². The van der Waals surface area contributed by atoms with Crippen LogP contribution in [-0.2, 0) is 4.74 Å². The zero-order valence-electron chi connectivity index (χ0n) is 10.3. The van der Waals surface area contributed by atoms with Gasteiger partial charge in [-0.15, -0.1) is 0 Å². The molecule has 1 aromatic heterocycles. The van der Waals surface area contributed by atoms with Crippen molar-refractivity contribution in [2.24, 2.45) is 5.92 Å². The number of nitriles is 1. The molecule has 0 unspecified atom stereocenters. The lowest BCUT2D eigenvalue weighted by Gasteiger charge is -2.07. The summed E-state index contributed by atoms with van der Waals surface area (Å²) in [4.78, 5) is 11.8. The number of nitrogens with zero attached hydrogens (tertiary/aromatic N) is 3. The summed E-state index contributed by atoms with van der Waals surface area (Å²) in [5.41, 5.74) is 1.08. The molecule has 0 aliphatic carbocycles. The van der Waals surface area contributed by atoms with Crippen LogP contribution in [0.1, 0.15) is 19.4 Å². The molecule has 0 aliphatic rings. The fourth-order valence-electron chi connectivity index (χ4n) is 1.59. The summed E-state index contributed by atoms with van der Waals surface area (Å²) in [5, 5.41) is 13.6. The molecule has 2 aromatic rings. The van der Waals surface area contributed by atoms with Gasteiger partial charge in [-0.1, -0.05) is 19.9 Å². The Kier molecular flexibility index (Phi) is 3.28. The normalized spacial score (nSPS) is 10.6. The van der Waals surface area contributed by atoms with Crippen LogP contribution in [-0.4, -0.2) is 22.5 Å². The molecule has 0 aliphatic heterocycles. The topological polar surface area (TPSA) is 67.9 Å². The Balaban J connectivity index is 2.36. The minimum Gasteiger partial charge on any atom is -0.448 e. The molecule has 2 rings (SSSR count). The summed E-state index contributed by atoms with van der Waals surface area (Å²) in [6, 6.07) is 7.21. The average molecular weight is 243 g/mol. The van der Waals surface area contributed by atoms with Crippen molar-refractivity contribution in [2.45, 2.75) is 13.8 Å². The van der Waals surface area contributed by atoms with Gasteiger partial charge in [0.05, 0.1) is 30.0 Å². The first-order chi connectivity index (χ1) is 8.63. The second kappa shape index (κ2) is 4.88. The minimum atomic E-state index is -0.520. The molecular formula is C13H13N3O2. The van der Waals surface area contributed by atoms with E-state index in [9.17, 15) is 4.79 Å². The van der Waals surface area contributed by atoms with E-state index in [2.05, 4.69) is 11.2 Å². The van der Waals surface area contributed by atoms with Gasteiger partial charge in [0.2, 0.25) is 0 Å². The van der Waals surface area contributed by atoms with Crippen LogP contribution in [0, 0.1) is 17.2 Å². The van der Waals surface area contributed by atoms with E-state index in [0.717, 1.165) is 0 Å². The highest BCUT2D eigenvalue weighted by Gasteiger charge is 2.13. The SMILES string of the molecule is CC(C)COC(=O)n1ncc2c(C#N)cccc21. The molecule has 0 N–H and O–H groups in total. The van der Waals surface area contributed by atoms with Crippen LogP contribution in [0.15, 0.2) is 24.4 Å². The fourth-order valence-corrected chi connectivity index (χ4v) is 1.59. The highest BCUT2D eigenvalue weighted by Crippen LogP contribution is 2.18. The van der Waals surface area contributed by atoms with Crippen LogP contribution in [0.25, 0.3) is 10.9 Å². The maximum Gasteiger partial charge on any atom is 0.435 e. The lowest BCUT2D eigenvalue weighted by molar-refractivity contribution is 0.132. The van der Waals surface area contributed by atoms with Crippen molar-refractivity contribution in [3.63, 3.8) is 0 Å². The number of aromatic nitrogens is 2. The number of carbonyl (C=O) groups excluding carboxylic acids is 1. The number of hydrogen-bond donors (Lipinski definition) is 0. The number of rotatable bonds is 2. The van der Waals surface area contributed by atoms with Crippen molar-refractivity contribution >= 4 is 17.0 Å². The number of hydrogen-bond acceptors (Lipinski definition) is 4. The molecule has 1 aromatic carbocycles. The standard InChI is InChI=1S/C13H13N3O2/c1-9(2)8-18-13(17)16-12-5-3-4-10(6-14)11(12)7-15-16/h3-5,7,9H,8H2,1-2H3. The van der Waals surface area contributed by atoms with E-state index in [1.165, 1.54) is 10.9 Å². The number of fused-ring (bicyclic) bond motifs is 1. The highest BCUT2D eigenvalue weighted by molar-refractivity contribution is 5.91. The first kappa shape index (κ1) is 12.1. The average Bonchev–Trinajstić information content (AvgIpc) is 2.79. The Morgan fingerprint density at radius 3 is 3.00 bits per heavy atom. The van der Waals surface area contributed by atoms with Gasteiger partial charge in [-0.05, 0) is 18.1 Å². The third-order valence-corrected chi connectivity index (χ3v) is 2.45. The molecule has 0 saturated heterocycles. The van der Waals surface area contributed by atoms with Gasteiger partial charge in [0.1, 0.15) is 0 Å². The molecule has 0 amide bonds. The van der Waals surface area contributed by atoms with Gasteiger partial charge in [-0.2, -0.15) is 15.0 Å². The van der Waals surface area contributed by atoms with Gasteiger partial charge >= 0.3 is 6.09 Å². The van der Waals surface area contributed by atoms with Gasteiger partial charge < -0.3 is 4.74 Å². The molecule has 1 heterocycles. The summed E-state index contributed by atoms with van der Waals surface area (Å²) in [5.74, 6) is 0.269. The Hall–Kier alpha value is -2.35. The summed E-state index contributed by atoms with van der Waals surface area (Å²) < 4.78 is 6.29. The van der Waals surface area contributed by atoms with E-state index in [-0.39, 0.29) is 5.92 Å². The largest absolute Gasteiger partial charge is 0.448 e. The smallest absolute Gasteiger partial charge is 0.435 e. The van der Waals surface area contributed by atoms with Gasteiger partial charge in [-0.3, -0.25) is 0 Å². The van der Waals surface area contributed by atoms with E-state index in [0.29, 0.717) is 23.1 Å². The molecule has 0 radical (unpaired) electrons. The van der Waals surface area contributed by atoms with E-state index in [1.807, 2.05) is 13.8 Å². The molecule has 5 nitrogen and oxygen atoms in total. The summed E-state index contributed by atoms with van der Waals surface area (Å²) >= 11 is 0. The minimum absolute atomic E-state index is 0.269. The zero-order valence-corrected chi connectivity index (χ0v) is 10.3. The zero-order chi connectivity index (χ0) is 13.1. The van der Waals surface area contributed by atoms with Gasteiger partial charge in [0.25, 0.3) is 0 Å². The van der Waals surface area contributed by atoms with Crippen molar-refractivity contribution in [1.82, 2.24) is 9.78 Å². The van der Waals surface area contributed by atoms with E-state index in [4.69, 9.17) is 10.00 Å². The van der Waals surface area contributed by atoms with Crippen molar-refractivity contribution in [3.8, 4) is 6.07 Å². The molecular weight excluding hydrogens is 230 g/mol. The summed E-state index contributed by atoms with van der Waals surface area (Å²) in [6.45, 7) is 4.27.